The SMILES string of the molecule is CCCC(NC(=O)[C@@H]1[C@H]2CC[C@@H](OCOC)[C@H]2CN1C(=O)[C@@H](NC(=O)[C@@H](NC(=O)c1cnccn1)C(C)C)C(C)C)C(O)C(=O)NC1CC1. The number of likely N-dealkylation sites (tertiary alicyclic amines) is 1. The summed E-state index contributed by atoms with van der Waals surface area (Å²) in [5, 5.41) is 22.2. The van der Waals surface area contributed by atoms with Crippen molar-refractivity contribution in [3.63, 3.8) is 0 Å². The molecule has 3 fully saturated rings. The van der Waals surface area contributed by atoms with Crippen molar-refractivity contribution in [1.82, 2.24) is 36.1 Å². The van der Waals surface area contributed by atoms with Gasteiger partial charge in [-0.05, 0) is 49.9 Å². The predicted octanol–water partition coefficient (Wildman–Crippen LogP) is 0.522. The number of methoxy groups -OCH3 is 1. The molecule has 0 aromatic carbocycles. The van der Waals surface area contributed by atoms with Crippen LogP contribution in [0.1, 0.15) is 83.6 Å². The van der Waals surface area contributed by atoms with E-state index in [1.54, 1.807) is 27.7 Å². The highest BCUT2D eigenvalue weighted by Crippen LogP contribution is 2.44. The maximum absolute atomic E-state index is 14.5. The maximum Gasteiger partial charge on any atom is 0.272 e. The van der Waals surface area contributed by atoms with Crippen LogP contribution < -0.4 is 21.3 Å². The van der Waals surface area contributed by atoms with Crippen LogP contribution in [-0.4, -0.2) is 112 Å². The number of rotatable bonds is 17. The van der Waals surface area contributed by atoms with Gasteiger partial charge in [0.05, 0.1) is 18.3 Å². The molecule has 49 heavy (non-hydrogen) atoms. The molecule has 4 rings (SSSR count). The largest absolute Gasteiger partial charge is 0.381 e. The molecule has 1 aromatic rings. The van der Waals surface area contributed by atoms with Gasteiger partial charge in [0, 0.05) is 38.0 Å². The molecule has 0 bridgehead atoms. The average Bonchev–Trinajstić information content (AvgIpc) is 3.68. The first kappa shape index (κ1) is 38.1. The van der Waals surface area contributed by atoms with Crippen LogP contribution >= 0.6 is 0 Å². The highest BCUT2D eigenvalue weighted by molar-refractivity contribution is 5.98. The monoisotopic (exact) mass is 687 g/mol. The van der Waals surface area contributed by atoms with Crippen molar-refractivity contribution in [2.24, 2.45) is 23.7 Å². The predicted molar refractivity (Wildman–Crippen MR) is 177 cm³/mol. The number of carbonyl (C=O) groups is 5. The molecule has 272 valence electrons. The van der Waals surface area contributed by atoms with E-state index < -0.39 is 59.8 Å². The molecule has 1 saturated heterocycles. The Morgan fingerprint density at radius 3 is 2.24 bits per heavy atom. The number of ether oxygens (including phenoxy) is 2. The number of carbonyl (C=O) groups excluding carboxylic acids is 5. The fourth-order valence-electron chi connectivity index (χ4n) is 6.89. The van der Waals surface area contributed by atoms with Gasteiger partial charge in [-0.2, -0.15) is 0 Å². The zero-order chi connectivity index (χ0) is 35.8. The number of nitrogens with one attached hydrogen (secondary N) is 4. The Morgan fingerprint density at radius 2 is 1.65 bits per heavy atom. The standard InChI is InChI=1S/C34H53N7O8/c1-7-8-23(29(42)33(46)37-20-9-10-20)38-32(45)28-21-11-12-25(49-17-48-6)22(21)16-41(28)34(47)27(19(4)5)40-31(44)26(18(2)3)39-30(43)24-15-35-13-14-36-24/h13-15,18-23,25-29,42H,7-12,16-17H2,1-6H3,(H,37,46)(H,38,45)(H,39,43)(H,40,44)/t21-,22-,23?,25+,26-,27-,28-,29?/m0/s1. The summed E-state index contributed by atoms with van der Waals surface area (Å²) in [6.07, 6.45) is 6.41. The molecule has 5 N–H and O–H groups in total. The van der Waals surface area contributed by atoms with Gasteiger partial charge in [0.2, 0.25) is 17.7 Å². The van der Waals surface area contributed by atoms with Crippen molar-refractivity contribution >= 4 is 29.5 Å². The average molecular weight is 688 g/mol. The Bertz CT molecular complexity index is 1310. The van der Waals surface area contributed by atoms with Crippen LogP contribution in [0.15, 0.2) is 18.6 Å². The number of amides is 5. The first-order chi connectivity index (χ1) is 23.4. The Balaban J connectivity index is 1.56. The molecule has 2 aliphatic carbocycles. The summed E-state index contributed by atoms with van der Waals surface area (Å²) in [6, 6.07) is -3.71. The van der Waals surface area contributed by atoms with Crippen LogP contribution in [0.25, 0.3) is 0 Å². The van der Waals surface area contributed by atoms with Crippen LogP contribution in [0.2, 0.25) is 0 Å². The first-order valence-corrected chi connectivity index (χ1v) is 17.4. The third kappa shape index (κ3) is 9.51. The van der Waals surface area contributed by atoms with Gasteiger partial charge in [-0.1, -0.05) is 41.0 Å². The molecule has 2 heterocycles. The molecule has 0 radical (unpaired) electrons. The minimum absolute atomic E-state index is 0.0464. The second-order valence-corrected chi connectivity index (χ2v) is 14.1. The Morgan fingerprint density at radius 1 is 0.939 bits per heavy atom. The van der Waals surface area contributed by atoms with Gasteiger partial charge in [-0.15, -0.1) is 0 Å². The minimum Gasteiger partial charge on any atom is -0.381 e. The highest BCUT2D eigenvalue weighted by Gasteiger charge is 2.55. The fourth-order valence-corrected chi connectivity index (χ4v) is 6.89. The van der Waals surface area contributed by atoms with E-state index in [0.717, 1.165) is 12.8 Å². The molecule has 0 spiro atoms. The third-order valence-electron chi connectivity index (χ3n) is 9.68. The maximum atomic E-state index is 14.5. The number of aliphatic hydroxyl groups excluding tert-OH is 1. The second kappa shape index (κ2) is 17.3. The smallest absolute Gasteiger partial charge is 0.272 e. The molecule has 15 nitrogen and oxygen atoms in total. The van der Waals surface area contributed by atoms with E-state index in [1.807, 2.05) is 6.92 Å². The number of fused-ring (bicyclic) bond motifs is 1. The van der Waals surface area contributed by atoms with E-state index in [4.69, 9.17) is 9.47 Å². The zero-order valence-electron chi connectivity index (χ0n) is 29.4. The van der Waals surface area contributed by atoms with Gasteiger partial charge in [0.15, 0.2) is 6.10 Å². The molecule has 3 aliphatic rings. The molecule has 8 atom stereocenters. The molecular weight excluding hydrogens is 634 g/mol. The van der Waals surface area contributed by atoms with Gasteiger partial charge in [0.25, 0.3) is 11.8 Å². The lowest BCUT2D eigenvalue weighted by Gasteiger charge is -2.34. The van der Waals surface area contributed by atoms with E-state index in [-0.39, 0.29) is 54.8 Å². The number of aliphatic hydroxyl groups is 1. The quantitative estimate of drug-likeness (QED) is 0.144. The van der Waals surface area contributed by atoms with Crippen LogP contribution in [0.5, 0.6) is 0 Å². The second-order valence-electron chi connectivity index (χ2n) is 14.1. The zero-order valence-corrected chi connectivity index (χ0v) is 29.4. The summed E-state index contributed by atoms with van der Waals surface area (Å²) in [6.45, 7) is 9.35. The molecule has 15 heteroatoms. The first-order valence-electron chi connectivity index (χ1n) is 17.4. The number of hydrogen-bond acceptors (Lipinski definition) is 10. The number of nitrogens with zero attached hydrogens (tertiary/aromatic N) is 3. The van der Waals surface area contributed by atoms with Crippen LogP contribution in [-0.2, 0) is 28.7 Å². The Labute approximate surface area is 288 Å². The van der Waals surface area contributed by atoms with E-state index in [2.05, 4.69) is 31.2 Å². The van der Waals surface area contributed by atoms with Crippen LogP contribution in [0.4, 0.5) is 0 Å². The minimum atomic E-state index is -1.44. The summed E-state index contributed by atoms with van der Waals surface area (Å²) >= 11 is 0. The lowest BCUT2D eigenvalue weighted by atomic mass is 9.91. The molecule has 5 amide bonds. The topological polar surface area (TPSA) is 201 Å². The fraction of sp³-hybridized carbons (Fsp3) is 0.735. The summed E-state index contributed by atoms with van der Waals surface area (Å²) in [4.78, 5) is 77.4. The van der Waals surface area contributed by atoms with E-state index in [9.17, 15) is 29.1 Å². The van der Waals surface area contributed by atoms with Crippen molar-refractivity contribution in [2.75, 3.05) is 20.4 Å². The van der Waals surface area contributed by atoms with Crippen molar-refractivity contribution in [1.29, 1.82) is 0 Å². The molecule has 2 unspecified atom stereocenters. The van der Waals surface area contributed by atoms with Gasteiger partial charge in [-0.25, -0.2) is 4.98 Å². The Kier molecular flexibility index (Phi) is 13.5. The van der Waals surface area contributed by atoms with Crippen LogP contribution in [0.3, 0.4) is 0 Å². The van der Waals surface area contributed by atoms with Crippen molar-refractivity contribution in [2.45, 2.75) is 116 Å². The molecule has 1 aliphatic heterocycles. The lowest BCUT2D eigenvalue weighted by Crippen LogP contribution is -2.60. The Hall–Kier alpha value is -3.69. The van der Waals surface area contributed by atoms with Crippen molar-refractivity contribution in [3.8, 4) is 0 Å². The molecular formula is C34H53N7O8. The van der Waals surface area contributed by atoms with E-state index >= 15 is 0 Å². The highest BCUT2D eigenvalue weighted by atomic mass is 16.7. The normalized spacial score (nSPS) is 24.1. The summed E-state index contributed by atoms with van der Waals surface area (Å²) in [7, 11) is 1.53. The van der Waals surface area contributed by atoms with Gasteiger partial charge < -0.3 is 40.7 Å². The van der Waals surface area contributed by atoms with Crippen molar-refractivity contribution < 1.29 is 38.6 Å². The van der Waals surface area contributed by atoms with Crippen LogP contribution in [0, 0.1) is 23.7 Å². The summed E-state index contributed by atoms with van der Waals surface area (Å²) in [5.74, 6) is -3.66. The van der Waals surface area contributed by atoms with Gasteiger partial charge in [-0.3, -0.25) is 29.0 Å². The van der Waals surface area contributed by atoms with Gasteiger partial charge >= 0.3 is 0 Å². The van der Waals surface area contributed by atoms with E-state index in [1.165, 1.54) is 30.6 Å². The van der Waals surface area contributed by atoms with E-state index in [0.29, 0.717) is 25.7 Å². The molecule has 1 aromatic heterocycles. The van der Waals surface area contributed by atoms with Gasteiger partial charge in [0.1, 0.15) is 30.6 Å². The summed E-state index contributed by atoms with van der Waals surface area (Å²) in [5.41, 5.74) is 0.0525. The number of aromatic nitrogens is 2. The molecule has 2 saturated carbocycles. The lowest BCUT2D eigenvalue weighted by molar-refractivity contribution is -0.144. The summed E-state index contributed by atoms with van der Waals surface area (Å²) < 4.78 is 11.1. The van der Waals surface area contributed by atoms with Crippen molar-refractivity contribution in [3.05, 3.63) is 24.3 Å². The number of hydrogen-bond donors (Lipinski definition) is 5. The third-order valence-corrected chi connectivity index (χ3v) is 9.68.